The van der Waals surface area contributed by atoms with Gasteiger partial charge < -0.3 is 14.8 Å². The Morgan fingerprint density at radius 2 is 1.76 bits per heavy atom. The van der Waals surface area contributed by atoms with Crippen molar-refractivity contribution in [1.82, 2.24) is 0 Å². The fourth-order valence-corrected chi connectivity index (χ4v) is 2.56. The molecule has 0 fully saturated rings. The van der Waals surface area contributed by atoms with Crippen molar-refractivity contribution in [2.24, 2.45) is 0 Å². The summed E-state index contributed by atoms with van der Waals surface area (Å²) >= 11 is 5.88. The second-order valence-electron chi connectivity index (χ2n) is 5.34. The molecule has 0 unspecified atom stereocenters. The van der Waals surface area contributed by atoms with Gasteiger partial charge in [0.2, 0.25) is 0 Å². The number of amides is 1. The van der Waals surface area contributed by atoms with Gasteiger partial charge in [-0.15, -0.1) is 0 Å². The fraction of sp³-hybridized carbons (Fsp3) is 0.105. The number of carbonyl (C=O) groups excluding carboxylic acids is 1. The van der Waals surface area contributed by atoms with Gasteiger partial charge in [0, 0.05) is 0 Å². The summed E-state index contributed by atoms with van der Waals surface area (Å²) in [6, 6.07) is 15.0. The van der Waals surface area contributed by atoms with Gasteiger partial charge in [-0.2, -0.15) is 0 Å². The molecule has 0 saturated heterocycles. The lowest BCUT2D eigenvalue weighted by atomic mass is 10.1. The van der Waals surface area contributed by atoms with E-state index in [4.69, 9.17) is 21.1 Å². The van der Waals surface area contributed by atoms with Gasteiger partial charge >= 0.3 is 0 Å². The van der Waals surface area contributed by atoms with Gasteiger partial charge in [0.05, 0.1) is 17.8 Å². The number of methoxy groups -OCH3 is 1. The van der Waals surface area contributed by atoms with Crippen molar-refractivity contribution in [2.45, 2.75) is 0 Å². The van der Waals surface area contributed by atoms with Crippen LogP contribution in [-0.2, 0) is 4.79 Å². The zero-order valence-electron chi connectivity index (χ0n) is 13.4. The molecule has 1 N–H and O–H groups in total. The minimum atomic E-state index is -0.467. The lowest BCUT2D eigenvalue weighted by Crippen LogP contribution is -2.20. The summed E-state index contributed by atoms with van der Waals surface area (Å²) in [6.45, 7) is -0.191. The number of halogens is 2. The van der Waals surface area contributed by atoms with Crippen LogP contribution in [0.25, 0.3) is 10.8 Å². The first-order valence-corrected chi connectivity index (χ1v) is 7.88. The normalized spacial score (nSPS) is 10.5. The predicted octanol–water partition coefficient (Wildman–Crippen LogP) is 4.66. The average Bonchev–Trinajstić information content (AvgIpc) is 2.61. The maximum atomic E-state index is 13.0. The van der Waals surface area contributed by atoms with Crippen LogP contribution in [0.1, 0.15) is 0 Å². The topological polar surface area (TPSA) is 47.6 Å². The Labute approximate surface area is 149 Å². The van der Waals surface area contributed by atoms with Crippen LogP contribution in [0.3, 0.4) is 0 Å². The zero-order valence-corrected chi connectivity index (χ0v) is 14.1. The van der Waals surface area contributed by atoms with E-state index in [9.17, 15) is 9.18 Å². The lowest BCUT2D eigenvalue weighted by Gasteiger charge is -2.10. The fourth-order valence-electron chi connectivity index (χ4n) is 2.35. The molecule has 4 nitrogen and oxygen atoms in total. The molecule has 128 valence electrons. The van der Waals surface area contributed by atoms with Crippen LogP contribution in [0.5, 0.6) is 11.5 Å². The number of hydrogen-bond donors (Lipinski definition) is 1. The number of anilines is 1. The molecule has 0 spiro atoms. The summed E-state index contributed by atoms with van der Waals surface area (Å²) in [5.74, 6) is 0.444. The molecule has 0 aliphatic rings. The van der Waals surface area contributed by atoms with Gasteiger partial charge in [0.25, 0.3) is 5.91 Å². The summed E-state index contributed by atoms with van der Waals surface area (Å²) in [4.78, 5) is 12.0. The Morgan fingerprint density at radius 1 is 1.04 bits per heavy atom. The van der Waals surface area contributed by atoms with Crippen molar-refractivity contribution in [3.8, 4) is 11.5 Å². The average molecular weight is 360 g/mol. The van der Waals surface area contributed by atoms with Gasteiger partial charge in [-0.1, -0.05) is 23.7 Å². The first kappa shape index (κ1) is 17.0. The summed E-state index contributed by atoms with van der Waals surface area (Å²) < 4.78 is 23.7. The molecule has 6 heteroatoms. The van der Waals surface area contributed by atoms with Crippen molar-refractivity contribution < 1.29 is 18.7 Å². The lowest BCUT2D eigenvalue weighted by molar-refractivity contribution is -0.118. The molecule has 0 heterocycles. The monoisotopic (exact) mass is 359 g/mol. The molecule has 1 amide bonds. The maximum absolute atomic E-state index is 13.0. The van der Waals surface area contributed by atoms with E-state index in [2.05, 4.69) is 5.32 Å². The molecule has 3 aromatic carbocycles. The third-order valence-corrected chi connectivity index (χ3v) is 3.91. The number of hydrogen-bond acceptors (Lipinski definition) is 3. The second-order valence-corrected chi connectivity index (χ2v) is 5.74. The van der Waals surface area contributed by atoms with Gasteiger partial charge in [-0.3, -0.25) is 4.79 Å². The minimum absolute atomic E-state index is 0.131. The zero-order chi connectivity index (χ0) is 17.8. The Bertz CT molecular complexity index is 930. The summed E-state index contributed by atoms with van der Waals surface area (Å²) in [5.41, 5.74) is 0.333. The minimum Gasteiger partial charge on any atom is -0.497 e. The number of fused-ring (bicyclic) bond motifs is 1. The van der Waals surface area contributed by atoms with Crippen molar-refractivity contribution >= 4 is 34.0 Å². The molecule has 0 aromatic heterocycles. The number of rotatable bonds is 5. The number of carbonyl (C=O) groups is 1. The van der Waals surface area contributed by atoms with E-state index in [-0.39, 0.29) is 17.5 Å². The molecule has 0 aliphatic heterocycles. The van der Waals surface area contributed by atoms with E-state index in [1.807, 2.05) is 30.3 Å². The molecule has 0 aliphatic carbocycles. The van der Waals surface area contributed by atoms with E-state index in [1.165, 1.54) is 12.1 Å². The SMILES string of the molecule is COc1ccc2ccc(OCC(=O)Nc3ccc(F)cc3Cl)cc2c1. The van der Waals surface area contributed by atoms with E-state index in [1.54, 1.807) is 13.2 Å². The molecule has 3 aromatic rings. The van der Waals surface area contributed by atoms with Crippen LogP contribution in [0.15, 0.2) is 54.6 Å². The molecular formula is C19H15ClFNO3. The molecule has 3 rings (SSSR count). The van der Waals surface area contributed by atoms with E-state index < -0.39 is 5.82 Å². The van der Waals surface area contributed by atoms with Gasteiger partial charge in [0.15, 0.2) is 6.61 Å². The number of benzene rings is 3. The van der Waals surface area contributed by atoms with E-state index >= 15 is 0 Å². The predicted molar refractivity (Wildman–Crippen MR) is 96.0 cm³/mol. The third-order valence-electron chi connectivity index (χ3n) is 3.59. The molecular weight excluding hydrogens is 345 g/mol. The smallest absolute Gasteiger partial charge is 0.262 e. The third kappa shape index (κ3) is 4.19. The van der Waals surface area contributed by atoms with Crippen LogP contribution >= 0.6 is 11.6 Å². The highest BCUT2D eigenvalue weighted by Gasteiger charge is 2.08. The van der Waals surface area contributed by atoms with Crippen molar-refractivity contribution in [1.29, 1.82) is 0 Å². The largest absolute Gasteiger partial charge is 0.497 e. The summed E-state index contributed by atoms with van der Waals surface area (Å²) in [5, 5.41) is 4.69. The van der Waals surface area contributed by atoms with E-state index in [0.29, 0.717) is 11.4 Å². The molecule has 0 radical (unpaired) electrons. The maximum Gasteiger partial charge on any atom is 0.262 e. The van der Waals surface area contributed by atoms with Crippen LogP contribution < -0.4 is 14.8 Å². The highest BCUT2D eigenvalue weighted by atomic mass is 35.5. The number of ether oxygens (including phenoxy) is 2. The quantitative estimate of drug-likeness (QED) is 0.720. The number of nitrogens with one attached hydrogen (secondary N) is 1. The Balaban J connectivity index is 1.66. The van der Waals surface area contributed by atoms with Gasteiger partial charge in [-0.05, 0) is 53.2 Å². The van der Waals surface area contributed by atoms with Gasteiger partial charge in [-0.25, -0.2) is 4.39 Å². The van der Waals surface area contributed by atoms with Crippen molar-refractivity contribution in [2.75, 3.05) is 19.0 Å². The van der Waals surface area contributed by atoms with Crippen LogP contribution in [0.4, 0.5) is 10.1 Å². The molecule has 0 atom stereocenters. The van der Waals surface area contributed by atoms with Crippen LogP contribution in [0.2, 0.25) is 5.02 Å². The first-order chi connectivity index (χ1) is 12.0. The molecule has 0 saturated carbocycles. The molecule has 25 heavy (non-hydrogen) atoms. The Kier molecular flexibility index (Phi) is 5.05. The summed E-state index contributed by atoms with van der Waals surface area (Å²) in [7, 11) is 1.60. The van der Waals surface area contributed by atoms with Crippen LogP contribution in [0, 0.1) is 5.82 Å². The highest BCUT2D eigenvalue weighted by Crippen LogP contribution is 2.25. The standard InChI is InChI=1S/C19H15ClFNO3/c1-24-15-5-2-12-3-6-16(9-13(12)8-15)25-11-19(23)22-18-7-4-14(21)10-17(18)20/h2-10H,11H2,1H3,(H,22,23). The highest BCUT2D eigenvalue weighted by molar-refractivity contribution is 6.33. The molecule has 0 bridgehead atoms. The first-order valence-electron chi connectivity index (χ1n) is 7.50. The van der Waals surface area contributed by atoms with Crippen LogP contribution in [-0.4, -0.2) is 19.6 Å². The summed E-state index contributed by atoms with van der Waals surface area (Å²) in [6.07, 6.45) is 0. The van der Waals surface area contributed by atoms with Crippen molar-refractivity contribution in [3.63, 3.8) is 0 Å². The van der Waals surface area contributed by atoms with Crippen molar-refractivity contribution in [3.05, 3.63) is 65.4 Å². The second kappa shape index (κ2) is 7.40. The van der Waals surface area contributed by atoms with Gasteiger partial charge in [0.1, 0.15) is 17.3 Å². The Hall–Kier alpha value is -2.79. The van der Waals surface area contributed by atoms with E-state index in [0.717, 1.165) is 22.6 Å². The Morgan fingerprint density at radius 3 is 2.48 bits per heavy atom.